The average Bonchev–Trinajstić information content (AvgIpc) is 2.39. The Balaban J connectivity index is 2.35. The van der Waals surface area contributed by atoms with E-state index in [1.807, 2.05) is 19.1 Å². The minimum atomic E-state index is -0.139. The van der Waals surface area contributed by atoms with Crippen molar-refractivity contribution < 1.29 is 9.53 Å². The maximum Gasteiger partial charge on any atom is 0.320 e. The van der Waals surface area contributed by atoms with Crippen LogP contribution in [0.25, 0.3) is 0 Å². The van der Waals surface area contributed by atoms with Gasteiger partial charge in [0, 0.05) is 18.9 Å². The summed E-state index contributed by atoms with van der Waals surface area (Å²) in [5.41, 5.74) is 1.16. The molecule has 0 N–H and O–H groups in total. The van der Waals surface area contributed by atoms with E-state index in [1.54, 1.807) is 12.4 Å². The van der Waals surface area contributed by atoms with Gasteiger partial charge in [0.05, 0.1) is 13.2 Å². The van der Waals surface area contributed by atoms with Crippen LogP contribution in [0.4, 0.5) is 0 Å². The summed E-state index contributed by atoms with van der Waals surface area (Å²) < 4.78 is 5.16. The van der Waals surface area contributed by atoms with Crippen LogP contribution in [-0.4, -0.2) is 35.5 Å². The van der Waals surface area contributed by atoms with Gasteiger partial charge in [-0.2, -0.15) is 0 Å². The van der Waals surface area contributed by atoms with Gasteiger partial charge in [0.25, 0.3) is 0 Å². The summed E-state index contributed by atoms with van der Waals surface area (Å²) in [5, 5.41) is 0. The van der Waals surface area contributed by atoms with Crippen LogP contribution in [-0.2, 0) is 16.1 Å². The van der Waals surface area contributed by atoms with Gasteiger partial charge in [-0.05, 0) is 30.7 Å². The van der Waals surface area contributed by atoms with Crippen molar-refractivity contribution >= 4 is 5.97 Å². The molecule has 1 rings (SSSR count). The molecule has 0 saturated carbocycles. The molecular formula is C14H22N2O2. The summed E-state index contributed by atoms with van der Waals surface area (Å²) in [5.74, 6) is -0.139. The van der Waals surface area contributed by atoms with Crippen LogP contribution in [0.2, 0.25) is 0 Å². The first-order valence-corrected chi connectivity index (χ1v) is 6.53. The smallest absolute Gasteiger partial charge is 0.320 e. The molecule has 100 valence electrons. The molecule has 4 heteroatoms. The van der Waals surface area contributed by atoms with E-state index in [-0.39, 0.29) is 5.97 Å². The van der Waals surface area contributed by atoms with Crippen LogP contribution in [0.5, 0.6) is 0 Å². The van der Waals surface area contributed by atoms with Crippen LogP contribution in [0.1, 0.15) is 32.3 Å². The van der Waals surface area contributed by atoms with Crippen LogP contribution in [0, 0.1) is 0 Å². The molecule has 0 aliphatic heterocycles. The number of likely N-dealkylation sites (N-methyl/N-ethyl adjacent to an activating group) is 1. The molecule has 0 saturated heterocycles. The molecular weight excluding hydrogens is 228 g/mol. The van der Waals surface area contributed by atoms with E-state index in [9.17, 15) is 4.79 Å². The minimum absolute atomic E-state index is 0.139. The number of ether oxygens (including phenoxy) is 1. The zero-order valence-electron chi connectivity index (χ0n) is 11.3. The fraction of sp³-hybridized carbons (Fsp3) is 0.571. The third-order valence-electron chi connectivity index (χ3n) is 2.72. The van der Waals surface area contributed by atoms with Crippen LogP contribution < -0.4 is 0 Å². The van der Waals surface area contributed by atoms with E-state index in [4.69, 9.17) is 4.74 Å². The molecule has 0 fully saturated rings. The Hall–Kier alpha value is -1.42. The second-order valence-electron chi connectivity index (χ2n) is 4.23. The monoisotopic (exact) mass is 250 g/mol. The van der Waals surface area contributed by atoms with Crippen molar-refractivity contribution in [2.45, 2.75) is 33.2 Å². The van der Waals surface area contributed by atoms with Crippen LogP contribution in [0.15, 0.2) is 24.5 Å². The van der Waals surface area contributed by atoms with Gasteiger partial charge in [0.2, 0.25) is 0 Å². The topological polar surface area (TPSA) is 42.4 Å². The average molecular weight is 250 g/mol. The highest BCUT2D eigenvalue weighted by Crippen LogP contribution is 2.03. The van der Waals surface area contributed by atoms with Gasteiger partial charge >= 0.3 is 5.97 Å². The van der Waals surface area contributed by atoms with Crippen molar-refractivity contribution in [3.63, 3.8) is 0 Å². The Morgan fingerprint density at radius 2 is 2.06 bits per heavy atom. The molecule has 18 heavy (non-hydrogen) atoms. The summed E-state index contributed by atoms with van der Waals surface area (Å²) in [6.45, 7) is 6.58. The molecule has 1 heterocycles. The standard InChI is InChI=1S/C14H22N2O2/c1-3-5-10-18-14(17)12-16(4-2)11-13-6-8-15-9-7-13/h6-9H,3-5,10-12H2,1-2H3. The van der Waals surface area contributed by atoms with Crippen molar-refractivity contribution in [3.05, 3.63) is 30.1 Å². The maximum absolute atomic E-state index is 11.6. The first-order chi connectivity index (χ1) is 8.76. The summed E-state index contributed by atoms with van der Waals surface area (Å²) >= 11 is 0. The lowest BCUT2D eigenvalue weighted by atomic mass is 10.2. The summed E-state index contributed by atoms with van der Waals surface area (Å²) in [6, 6.07) is 3.93. The molecule has 0 aliphatic rings. The largest absolute Gasteiger partial charge is 0.465 e. The van der Waals surface area contributed by atoms with E-state index >= 15 is 0 Å². The number of carbonyl (C=O) groups excluding carboxylic acids is 1. The van der Waals surface area contributed by atoms with E-state index in [1.165, 1.54) is 0 Å². The highest BCUT2D eigenvalue weighted by molar-refractivity contribution is 5.71. The van der Waals surface area contributed by atoms with Gasteiger partial charge in [-0.15, -0.1) is 0 Å². The fourth-order valence-electron chi connectivity index (χ4n) is 1.58. The summed E-state index contributed by atoms with van der Waals surface area (Å²) in [6.07, 6.45) is 5.51. The molecule has 4 nitrogen and oxygen atoms in total. The molecule has 0 aromatic carbocycles. The predicted octanol–water partition coefficient (Wildman–Crippen LogP) is 2.25. The van der Waals surface area contributed by atoms with Crippen LogP contribution in [0.3, 0.4) is 0 Å². The maximum atomic E-state index is 11.6. The number of esters is 1. The van der Waals surface area contributed by atoms with Gasteiger partial charge in [-0.3, -0.25) is 14.7 Å². The zero-order chi connectivity index (χ0) is 13.2. The second kappa shape index (κ2) is 8.64. The van der Waals surface area contributed by atoms with Crippen molar-refractivity contribution in [2.24, 2.45) is 0 Å². The normalized spacial score (nSPS) is 10.6. The van der Waals surface area contributed by atoms with Crippen molar-refractivity contribution in [1.29, 1.82) is 0 Å². The molecule has 1 aromatic rings. The molecule has 1 aromatic heterocycles. The highest BCUT2D eigenvalue weighted by atomic mass is 16.5. The Bertz CT molecular complexity index is 341. The highest BCUT2D eigenvalue weighted by Gasteiger charge is 2.10. The number of aromatic nitrogens is 1. The lowest BCUT2D eigenvalue weighted by Crippen LogP contribution is -2.30. The number of hydrogen-bond acceptors (Lipinski definition) is 4. The molecule has 0 aliphatic carbocycles. The first-order valence-electron chi connectivity index (χ1n) is 6.53. The lowest BCUT2D eigenvalue weighted by molar-refractivity contribution is -0.145. The van der Waals surface area contributed by atoms with Gasteiger partial charge in [-0.25, -0.2) is 0 Å². The van der Waals surface area contributed by atoms with Crippen molar-refractivity contribution in [2.75, 3.05) is 19.7 Å². The fourth-order valence-corrected chi connectivity index (χ4v) is 1.58. The zero-order valence-corrected chi connectivity index (χ0v) is 11.3. The Morgan fingerprint density at radius 3 is 2.67 bits per heavy atom. The third kappa shape index (κ3) is 5.77. The Morgan fingerprint density at radius 1 is 1.33 bits per heavy atom. The van der Waals surface area contributed by atoms with E-state index < -0.39 is 0 Å². The number of pyridine rings is 1. The van der Waals surface area contributed by atoms with Gasteiger partial charge in [0.1, 0.15) is 0 Å². The van der Waals surface area contributed by atoms with E-state index in [2.05, 4.69) is 16.8 Å². The molecule has 0 unspecified atom stereocenters. The molecule has 0 atom stereocenters. The number of unbranched alkanes of at least 4 members (excludes halogenated alkanes) is 1. The Labute approximate surface area is 109 Å². The molecule has 0 radical (unpaired) electrons. The SMILES string of the molecule is CCCCOC(=O)CN(CC)Cc1ccncc1. The lowest BCUT2D eigenvalue weighted by Gasteiger charge is -2.19. The van der Waals surface area contributed by atoms with E-state index in [0.717, 1.165) is 31.5 Å². The Kier molecular flexibility index (Phi) is 7.03. The van der Waals surface area contributed by atoms with Gasteiger partial charge in [-0.1, -0.05) is 20.3 Å². The molecule has 0 bridgehead atoms. The van der Waals surface area contributed by atoms with Gasteiger partial charge in [0.15, 0.2) is 0 Å². The number of hydrogen-bond donors (Lipinski definition) is 0. The summed E-state index contributed by atoms with van der Waals surface area (Å²) in [7, 11) is 0. The van der Waals surface area contributed by atoms with E-state index in [0.29, 0.717) is 13.2 Å². The van der Waals surface area contributed by atoms with Crippen molar-refractivity contribution in [1.82, 2.24) is 9.88 Å². The minimum Gasteiger partial charge on any atom is -0.465 e. The molecule has 0 spiro atoms. The number of carbonyl (C=O) groups is 1. The summed E-state index contributed by atoms with van der Waals surface area (Å²) in [4.78, 5) is 17.6. The van der Waals surface area contributed by atoms with Gasteiger partial charge < -0.3 is 4.74 Å². The third-order valence-corrected chi connectivity index (χ3v) is 2.72. The van der Waals surface area contributed by atoms with Crippen LogP contribution >= 0.6 is 0 Å². The van der Waals surface area contributed by atoms with Crippen molar-refractivity contribution in [3.8, 4) is 0 Å². The molecule has 0 amide bonds. The number of nitrogens with zero attached hydrogens (tertiary/aromatic N) is 2. The predicted molar refractivity (Wildman–Crippen MR) is 71.1 cm³/mol. The second-order valence-corrected chi connectivity index (χ2v) is 4.23. The first kappa shape index (κ1) is 14.6. The number of rotatable bonds is 8. The quantitative estimate of drug-likeness (QED) is 0.524.